The highest BCUT2D eigenvalue weighted by Gasteiger charge is 2.56. The van der Waals surface area contributed by atoms with Crippen molar-refractivity contribution in [2.75, 3.05) is 17.3 Å². The quantitative estimate of drug-likeness (QED) is 0.340. The summed E-state index contributed by atoms with van der Waals surface area (Å²) in [6.07, 6.45) is 0. The van der Waals surface area contributed by atoms with E-state index in [-0.39, 0.29) is 11.4 Å². The molecule has 0 aliphatic carbocycles. The summed E-state index contributed by atoms with van der Waals surface area (Å²) in [5, 5.41) is 2.40. The number of nitrogens with zero attached hydrogens (tertiary/aromatic N) is 2. The SMILES string of the molecule is COc1ccc(N2C(=O)C3Sc4c(sc(=O)n4CC(=O)Nc4ccccc4)[C@H](c4ccc(F)cc4)C3C2=O)cc1. The summed E-state index contributed by atoms with van der Waals surface area (Å²) in [6, 6.07) is 21.2. The fraction of sp³-hybridized carbons (Fsp3) is 0.172. The molecule has 6 rings (SSSR count). The van der Waals surface area contributed by atoms with Gasteiger partial charge in [0.1, 0.15) is 23.4 Å². The lowest BCUT2D eigenvalue weighted by Gasteiger charge is -2.30. The summed E-state index contributed by atoms with van der Waals surface area (Å²) < 4.78 is 20.4. The maximum Gasteiger partial charge on any atom is 0.308 e. The van der Waals surface area contributed by atoms with E-state index in [0.717, 1.165) is 23.1 Å². The molecule has 3 amide bonds. The van der Waals surface area contributed by atoms with Crippen molar-refractivity contribution in [3.05, 3.63) is 105 Å². The Kier molecular flexibility index (Phi) is 6.77. The number of thiazole rings is 1. The van der Waals surface area contributed by atoms with Gasteiger partial charge in [0.05, 0.1) is 23.7 Å². The van der Waals surface area contributed by atoms with Gasteiger partial charge in [-0.25, -0.2) is 9.29 Å². The van der Waals surface area contributed by atoms with Gasteiger partial charge in [-0.05, 0) is 54.1 Å². The zero-order valence-electron chi connectivity index (χ0n) is 21.1. The number of hydrogen-bond acceptors (Lipinski definition) is 7. The van der Waals surface area contributed by atoms with Gasteiger partial charge in [0.2, 0.25) is 17.7 Å². The monoisotopic (exact) mass is 575 g/mol. The summed E-state index contributed by atoms with van der Waals surface area (Å²) in [7, 11) is 1.53. The van der Waals surface area contributed by atoms with Gasteiger partial charge >= 0.3 is 4.87 Å². The molecule has 0 saturated carbocycles. The molecule has 1 N–H and O–H groups in total. The zero-order chi connectivity index (χ0) is 28.0. The van der Waals surface area contributed by atoms with E-state index in [1.54, 1.807) is 60.7 Å². The number of thioether (sulfide) groups is 1. The van der Waals surface area contributed by atoms with E-state index in [9.17, 15) is 23.6 Å². The summed E-state index contributed by atoms with van der Waals surface area (Å²) in [4.78, 5) is 55.1. The third-order valence-corrected chi connectivity index (χ3v) is 9.57. The third-order valence-electron chi connectivity index (χ3n) is 6.97. The Morgan fingerprint density at radius 1 is 0.950 bits per heavy atom. The average Bonchev–Trinajstić information content (AvgIpc) is 3.40. The number of para-hydroxylation sites is 1. The van der Waals surface area contributed by atoms with Crippen LogP contribution in [0.1, 0.15) is 16.4 Å². The molecule has 1 fully saturated rings. The lowest BCUT2D eigenvalue weighted by molar-refractivity contribution is -0.122. The van der Waals surface area contributed by atoms with Crippen LogP contribution in [-0.2, 0) is 20.9 Å². The number of amides is 3. The number of carbonyl (C=O) groups is 3. The zero-order valence-corrected chi connectivity index (χ0v) is 22.7. The predicted octanol–water partition coefficient (Wildman–Crippen LogP) is 4.49. The Labute approximate surface area is 236 Å². The van der Waals surface area contributed by atoms with E-state index in [2.05, 4.69) is 5.32 Å². The molecule has 0 spiro atoms. The molecule has 1 saturated heterocycles. The molecule has 0 bridgehead atoms. The molecule has 1 aromatic heterocycles. The molecule has 40 heavy (non-hydrogen) atoms. The van der Waals surface area contributed by atoms with Crippen molar-refractivity contribution in [1.29, 1.82) is 0 Å². The fourth-order valence-corrected chi connectivity index (χ4v) is 7.91. The van der Waals surface area contributed by atoms with Crippen LogP contribution in [0, 0.1) is 11.7 Å². The van der Waals surface area contributed by atoms with Gasteiger partial charge in [-0.1, -0.05) is 53.4 Å². The molecule has 2 aliphatic heterocycles. The number of benzene rings is 3. The Morgan fingerprint density at radius 3 is 2.33 bits per heavy atom. The third kappa shape index (κ3) is 4.50. The Balaban J connectivity index is 1.41. The number of hydrogen-bond donors (Lipinski definition) is 1. The summed E-state index contributed by atoms with van der Waals surface area (Å²) in [5.41, 5.74) is 1.61. The lowest BCUT2D eigenvalue weighted by Crippen LogP contribution is -2.33. The molecule has 3 heterocycles. The van der Waals surface area contributed by atoms with E-state index in [1.165, 1.54) is 28.7 Å². The number of carbonyl (C=O) groups excluding carboxylic acids is 3. The van der Waals surface area contributed by atoms with E-state index in [4.69, 9.17) is 4.74 Å². The first kappa shape index (κ1) is 26.0. The van der Waals surface area contributed by atoms with Gasteiger partial charge in [0.25, 0.3) is 0 Å². The molecule has 2 aliphatic rings. The molecular weight excluding hydrogens is 553 g/mol. The molecule has 0 radical (unpaired) electrons. The maximum atomic E-state index is 13.9. The van der Waals surface area contributed by atoms with Crippen LogP contribution in [0.2, 0.25) is 0 Å². The number of imide groups is 1. The topological polar surface area (TPSA) is 97.7 Å². The van der Waals surface area contributed by atoms with Crippen LogP contribution in [0.15, 0.2) is 88.7 Å². The van der Waals surface area contributed by atoms with Crippen LogP contribution in [0.5, 0.6) is 5.75 Å². The lowest BCUT2D eigenvalue weighted by atomic mass is 9.83. The van der Waals surface area contributed by atoms with Crippen molar-refractivity contribution >= 4 is 52.2 Å². The van der Waals surface area contributed by atoms with Gasteiger partial charge < -0.3 is 10.1 Å². The first-order chi connectivity index (χ1) is 19.4. The number of methoxy groups -OCH3 is 1. The minimum absolute atomic E-state index is 0.260. The number of fused-ring (bicyclic) bond motifs is 2. The molecule has 202 valence electrons. The number of aromatic nitrogens is 1. The molecule has 2 unspecified atom stereocenters. The number of halogens is 1. The second-order valence-corrected chi connectivity index (χ2v) is 11.5. The van der Waals surface area contributed by atoms with E-state index < -0.39 is 40.6 Å². The minimum Gasteiger partial charge on any atom is -0.497 e. The Hall–Kier alpha value is -4.22. The van der Waals surface area contributed by atoms with E-state index in [0.29, 0.717) is 32.6 Å². The number of ether oxygens (including phenoxy) is 1. The average molecular weight is 576 g/mol. The molecule has 8 nitrogen and oxygen atoms in total. The van der Waals surface area contributed by atoms with Gasteiger partial charge in [-0.3, -0.25) is 23.7 Å². The minimum atomic E-state index is -0.838. The van der Waals surface area contributed by atoms with Crippen LogP contribution in [0.3, 0.4) is 0 Å². The molecule has 3 atom stereocenters. The smallest absolute Gasteiger partial charge is 0.308 e. The van der Waals surface area contributed by atoms with Gasteiger partial charge in [-0.2, -0.15) is 0 Å². The second kappa shape index (κ2) is 10.4. The summed E-state index contributed by atoms with van der Waals surface area (Å²) in [6.45, 7) is -0.260. The maximum absolute atomic E-state index is 13.9. The highest BCUT2D eigenvalue weighted by Crippen LogP contribution is 2.53. The molecule has 3 aromatic carbocycles. The second-order valence-electron chi connectivity index (χ2n) is 9.34. The van der Waals surface area contributed by atoms with Gasteiger partial charge in [0.15, 0.2) is 0 Å². The largest absolute Gasteiger partial charge is 0.497 e. The Bertz CT molecular complexity index is 1670. The van der Waals surface area contributed by atoms with E-state index >= 15 is 0 Å². The van der Waals surface area contributed by atoms with Gasteiger partial charge in [-0.15, -0.1) is 0 Å². The fourth-order valence-electron chi connectivity index (χ4n) is 5.14. The van der Waals surface area contributed by atoms with Crippen molar-refractivity contribution in [2.45, 2.75) is 22.7 Å². The predicted molar refractivity (Wildman–Crippen MR) is 151 cm³/mol. The van der Waals surface area contributed by atoms with Crippen LogP contribution < -0.4 is 19.8 Å². The van der Waals surface area contributed by atoms with Crippen molar-refractivity contribution in [1.82, 2.24) is 4.57 Å². The van der Waals surface area contributed by atoms with Crippen molar-refractivity contribution in [2.24, 2.45) is 5.92 Å². The normalized spacial score (nSPS) is 19.8. The van der Waals surface area contributed by atoms with Crippen molar-refractivity contribution < 1.29 is 23.5 Å². The van der Waals surface area contributed by atoms with Crippen LogP contribution in [-0.4, -0.2) is 34.6 Å². The van der Waals surface area contributed by atoms with Crippen LogP contribution in [0.4, 0.5) is 15.8 Å². The molecular formula is C29H22FN3O5S2. The van der Waals surface area contributed by atoms with Crippen molar-refractivity contribution in [3.8, 4) is 5.75 Å². The Morgan fingerprint density at radius 2 is 1.65 bits per heavy atom. The van der Waals surface area contributed by atoms with Crippen LogP contribution in [0.25, 0.3) is 0 Å². The molecule has 11 heteroatoms. The first-order valence-electron chi connectivity index (χ1n) is 12.4. The molecule has 4 aromatic rings. The first-order valence-corrected chi connectivity index (χ1v) is 14.1. The number of anilines is 2. The standard InChI is InChI=1S/C29H22FN3O5S2/c1-38-20-13-11-19(12-14-20)33-26(35)23-22(16-7-9-17(30)10-8-16)25-28(39-24(23)27(33)36)32(29(37)40-25)15-21(34)31-18-5-3-2-4-6-18/h2-14,22-24H,15H2,1H3,(H,31,34)/t22-,23?,24?/m1/s1. The highest BCUT2D eigenvalue weighted by atomic mass is 32.2. The van der Waals surface area contributed by atoms with E-state index in [1.807, 2.05) is 6.07 Å². The summed E-state index contributed by atoms with van der Waals surface area (Å²) in [5.74, 6) is -2.56. The van der Waals surface area contributed by atoms with Gasteiger partial charge in [0, 0.05) is 16.5 Å². The number of rotatable bonds is 6. The highest BCUT2D eigenvalue weighted by molar-refractivity contribution is 8.00. The van der Waals surface area contributed by atoms with Crippen LogP contribution >= 0.6 is 23.1 Å². The summed E-state index contributed by atoms with van der Waals surface area (Å²) >= 11 is 2.07. The van der Waals surface area contributed by atoms with Crippen molar-refractivity contribution in [3.63, 3.8) is 0 Å². The number of nitrogens with one attached hydrogen (secondary N) is 1.